The van der Waals surface area contributed by atoms with Crippen LogP contribution in [0.25, 0.3) is 0 Å². The van der Waals surface area contributed by atoms with E-state index >= 15 is 0 Å². The minimum Gasteiger partial charge on any atom is -0.508 e. The van der Waals surface area contributed by atoms with Crippen molar-refractivity contribution < 1.29 is 5.11 Å². The van der Waals surface area contributed by atoms with Crippen molar-refractivity contribution in [3.8, 4) is 5.75 Å². The molecule has 0 bridgehead atoms. The maximum atomic E-state index is 9.37. The maximum absolute atomic E-state index is 9.37. The Balaban J connectivity index is 1.99. The van der Waals surface area contributed by atoms with Crippen molar-refractivity contribution >= 4 is 0 Å². The number of hydrogen-bond acceptors (Lipinski definition) is 2. The highest BCUT2D eigenvalue weighted by molar-refractivity contribution is 5.27. The Morgan fingerprint density at radius 2 is 2.20 bits per heavy atom. The van der Waals surface area contributed by atoms with Crippen LogP contribution < -0.4 is 0 Å². The molecule has 2 heteroatoms. The van der Waals surface area contributed by atoms with E-state index in [1.165, 1.54) is 18.5 Å². The molecule has 0 unspecified atom stereocenters. The first-order valence-corrected chi connectivity index (χ1v) is 5.55. The summed E-state index contributed by atoms with van der Waals surface area (Å²) in [6, 6.07) is 7.56. The average Bonchev–Trinajstić information content (AvgIpc) is 2.45. The maximum Gasteiger partial charge on any atom is 0.115 e. The molecular weight excluding hydrogens is 186 g/mol. The molecule has 1 aliphatic rings. The first-order valence-electron chi connectivity index (χ1n) is 5.55. The van der Waals surface area contributed by atoms with E-state index in [9.17, 15) is 5.11 Å². The normalized spacial score (nSPS) is 20.7. The molecule has 1 aromatic rings. The molecule has 0 aliphatic carbocycles. The lowest BCUT2D eigenvalue weighted by molar-refractivity contribution is 0.284. The topological polar surface area (TPSA) is 23.5 Å². The van der Waals surface area contributed by atoms with Crippen molar-refractivity contribution in [1.29, 1.82) is 0 Å². The van der Waals surface area contributed by atoms with Gasteiger partial charge >= 0.3 is 0 Å². The number of nitrogens with zero attached hydrogens (tertiary/aromatic N) is 1. The third kappa shape index (κ3) is 2.72. The number of aromatic hydroxyl groups is 1. The zero-order valence-electron chi connectivity index (χ0n) is 9.53. The van der Waals surface area contributed by atoms with Gasteiger partial charge in [-0.1, -0.05) is 26.0 Å². The average molecular weight is 205 g/mol. The molecule has 1 aliphatic heterocycles. The van der Waals surface area contributed by atoms with Crippen LogP contribution in [-0.2, 0) is 6.54 Å². The van der Waals surface area contributed by atoms with E-state index in [1.807, 2.05) is 12.1 Å². The van der Waals surface area contributed by atoms with Crippen molar-refractivity contribution in [3.05, 3.63) is 29.8 Å². The number of phenols is 1. The standard InChI is InChI=1S/C13H19NO/c1-13(2)6-7-14(10-13)9-11-4-3-5-12(15)8-11/h3-5,8,15H,6-7,9-10H2,1-2H3. The molecule has 2 nitrogen and oxygen atoms in total. The second kappa shape index (κ2) is 3.86. The molecule has 0 radical (unpaired) electrons. The number of phenolic OH excluding ortho intramolecular Hbond substituents is 1. The number of hydrogen-bond donors (Lipinski definition) is 1. The molecular formula is C13H19NO. The molecule has 1 heterocycles. The monoisotopic (exact) mass is 205 g/mol. The molecule has 15 heavy (non-hydrogen) atoms. The summed E-state index contributed by atoms with van der Waals surface area (Å²) in [4.78, 5) is 2.45. The SMILES string of the molecule is CC1(C)CCN(Cc2cccc(O)c2)C1. The first-order chi connectivity index (χ1) is 7.05. The summed E-state index contributed by atoms with van der Waals surface area (Å²) >= 11 is 0. The molecule has 1 saturated heterocycles. The summed E-state index contributed by atoms with van der Waals surface area (Å²) in [7, 11) is 0. The number of benzene rings is 1. The fourth-order valence-electron chi connectivity index (χ4n) is 2.27. The molecule has 0 aromatic heterocycles. The molecule has 1 N–H and O–H groups in total. The Labute approximate surface area is 91.5 Å². The van der Waals surface area contributed by atoms with Crippen molar-refractivity contribution in [2.45, 2.75) is 26.8 Å². The molecule has 1 aromatic carbocycles. The van der Waals surface area contributed by atoms with Crippen molar-refractivity contribution in [3.63, 3.8) is 0 Å². The molecule has 82 valence electrons. The van der Waals surface area contributed by atoms with Gasteiger partial charge in [0.2, 0.25) is 0 Å². The molecule has 0 saturated carbocycles. The van der Waals surface area contributed by atoms with Crippen LogP contribution in [0.2, 0.25) is 0 Å². The smallest absolute Gasteiger partial charge is 0.115 e. The van der Waals surface area contributed by atoms with Crippen molar-refractivity contribution in [2.24, 2.45) is 5.41 Å². The van der Waals surface area contributed by atoms with Gasteiger partial charge in [0.15, 0.2) is 0 Å². The predicted octanol–water partition coefficient (Wildman–Crippen LogP) is 2.62. The largest absolute Gasteiger partial charge is 0.508 e. The van der Waals surface area contributed by atoms with Gasteiger partial charge in [0.25, 0.3) is 0 Å². The lowest BCUT2D eigenvalue weighted by atomic mass is 9.93. The third-order valence-corrected chi connectivity index (χ3v) is 3.07. The molecule has 0 spiro atoms. The van der Waals surface area contributed by atoms with Gasteiger partial charge in [0, 0.05) is 13.1 Å². The number of likely N-dealkylation sites (tertiary alicyclic amines) is 1. The highest BCUT2D eigenvalue weighted by Crippen LogP contribution is 2.29. The van der Waals surface area contributed by atoms with Gasteiger partial charge in [-0.2, -0.15) is 0 Å². The Hall–Kier alpha value is -1.02. The highest BCUT2D eigenvalue weighted by atomic mass is 16.3. The molecule has 0 amide bonds. The van der Waals surface area contributed by atoms with Crippen LogP contribution in [-0.4, -0.2) is 23.1 Å². The van der Waals surface area contributed by atoms with Gasteiger partial charge in [-0.25, -0.2) is 0 Å². The fourth-order valence-corrected chi connectivity index (χ4v) is 2.27. The van der Waals surface area contributed by atoms with Crippen LogP contribution >= 0.6 is 0 Å². The molecule has 0 atom stereocenters. The van der Waals surface area contributed by atoms with Gasteiger partial charge in [0.1, 0.15) is 5.75 Å². The van der Waals surface area contributed by atoms with E-state index in [-0.39, 0.29) is 0 Å². The Bertz CT molecular complexity index is 346. The summed E-state index contributed by atoms with van der Waals surface area (Å²) in [5.41, 5.74) is 1.66. The van der Waals surface area contributed by atoms with Crippen LogP contribution in [0.5, 0.6) is 5.75 Å². The van der Waals surface area contributed by atoms with Crippen LogP contribution in [0.15, 0.2) is 24.3 Å². The quantitative estimate of drug-likeness (QED) is 0.802. The van der Waals surface area contributed by atoms with Gasteiger partial charge in [0.05, 0.1) is 0 Å². The van der Waals surface area contributed by atoms with Gasteiger partial charge in [-0.15, -0.1) is 0 Å². The summed E-state index contributed by atoms with van der Waals surface area (Å²) in [5, 5.41) is 9.37. The Morgan fingerprint density at radius 1 is 1.40 bits per heavy atom. The summed E-state index contributed by atoms with van der Waals surface area (Å²) in [6.07, 6.45) is 1.27. The third-order valence-electron chi connectivity index (χ3n) is 3.07. The second-order valence-corrected chi connectivity index (χ2v) is 5.29. The van der Waals surface area contributed by atoms with Crippen LogP contribution in [0, 0.1) is 5.41 Å². The van der Waals surface area contributed by atoms with Crippen molar-refractivity contribution in [1.82, 2.24) is 4.90 Å². The second-order valence-electron chi connectivity index (χ2n) is 5.29. The highest BCUT2D eigenvalue weighted by Gasteiger charge is 2.28. The molecule has 1 fully saturated rings. The summed E-state index contributed by atoms with van der Waals surface area (Å²) < 4.78 is 0. The van der Waals surface area contributed by atoms with E-state index in [0.717, 1.165) is 13.1 Å². The van der Waals surface area contributed by atoms with E-state index in [4.69, 9.17) is 0 Å². The Morgan fingerprint density at radius 3 is 2.80 bits per heavy atom. The zero-order valence-corrected chi connectivity index (χ0v) is 9.53. The lowest BCUT2D eigenvalue weighted by Crippen LogP contribution is -2.22. The van der Waals surface area contributed by atoms with Crippen LogP contribution in [0.1, 0.15) is 25.8 Å². The van der Waals surface area contributed by atoms with E-state index < -0.39 is 0 Å². The summed E-state index contributed by atoms with van der Waals surface area (Å²) in [5.74, 6) is 0.367. The van der Waals surface area contributed by atoms with Gasteiger partial charge in [-0.05, 0) is 36.1 Å². The van der Waals surface area contributed by atoms with E-state index in [1.54, 1.807) is 6.07 Å². The fraction of sp³-hybridized carbons (Fsp3) is 0.538. The lowest BCUT2D eigenvalue weighted by Gasteiger charge is -2.19. The van der Waals surface area contributed by atoms with E-state index in [0.29, 0.717) is 11.2 Å². The first kappa shape index (κ1) is 10.5. The van der Waals surface area contributed by atoms with Crippen LogP contribution in [0.4, 0.5) is 0 Å². The molecule has 2 rings (SSSR count). The van der Waals surface area contributed by atoms with Crippen molar-refractivity contribution in [2.75, 3.05) is 13.1 Å². The van der Waals surface area contributed by atoms with Crippen LogP contribution in [0.3, 0.4) is 0 Å². The predicted molar refractivity (Wildman–Crippen MR) is 61.8 cm³/mol. The minimum absolute atomic E-state index is 0.367. The van der Waals surface area contributed by atoms with Gasteiger partial charge in [-0.3, -0.25) is 4.90 Å². The van der Waals surface area contributed by atoms with E-state index in [2.05, 4.69) is 24.8 Å². The zero-order chi connectivity index (χ0) is 10.9. The minimum atomic E-state index is 0.367. The summed E-state index contributed by atoms with van der Waals surface area (Å²) in [6.45, 7) is 7.91. The van der Waals surface area contributed by atoms with Gasteiger partial charge < -0.3 is 5.11 Å². The Kier molecular flexibility index (Phi) is 2.70. The number of rotatable bonds is 2.